The number of rotatable bonds is 4. The lowest BCUT2D eigenvalue weighted by atomic mass is 10.2. The molecule has 1 saturated heterocycles. The van der Waals surface area contributed by atoms with Crippen LogP contribution >= 0.6 is 11.8 Å². The molecule has 1 fully saturated rings. The highest BCUT2D eigenvalue weighted by Gasteiger charge is 2.15. The van der Waals surface area contributed by atoms with Crippen LogP contribution < -0.4 is 5.32 Å². The summed E-state index contributed by atoms with van der Waals surface area (Å²) in [7, 11) is 0. The Bertz CT molecular complexity index is 279. The van der Waals surface area contributed by atoms with Gasteiger partial charge < -0.3 is 5.32 Å². The molecule has 0 aliphatic carbocycles. The second-order valence-electron chi connectivity index (χ2n) is 3.70. The Morgan fingerprint density at radius 3 is 3.36 bits per heavy atom. The predicted molar refractivity (Wildman–Crippen MR) is 61.9 cm³/mol. The molecule has 1 aliphatic rings. The summed E-state index contributed by atoms with van der Waals surface area (Å²) in [4.78, 5) is 0. The van der Waals surface area contributed by atoms with Crippen LogP contribution in [0.4, 0.5) is 5.69 Å². The number of aromatic nitrogens is 2. The van der Waals surface area contributed by atoms with E-state index in [0.29, 0.717) is 6.04 Å². The summed E-state index contributed by atoms with van der Waals surface area (Å²) in [5, 5.41) is 7.81. The molecule has 0 saturated carbocycles. The summed E-state index contributed by atoms with van der Waals surface area (Å²) in [5.41, 5.74) is 1.17. The van der Waals surface area contributed by atoms with E-state index >= 15 is 0 Å². The Morgan fingerprint density at radius 1 is 1.71 bits per heavy atom. The summed E-state index contributed by atoms with van der Waals surface area (Å²) in [6.07, 6.45) is 6.45. The molecule has 3 nitrogen and oxygen atoms in total. The first-order chi connectivity index (χ1) is 6.88. The number of nitrogens with zero attached hydrogens (tertiary/aromatic N) is 2. The van der Waals surface area contributed by atoms with Gasteiger partial charge in [-0.3, -0.25) is 4.68 Å². The molecule has 0 amide bonds. The van der Waals surface area contributed by atoms with Crippen molar-refractivity contribution in [1.29, 1.82) is 0 Å². The Morgan fingerprint density at radius 2 is 2.64 bits per heavy atom. The second-order valence-corrected chi connectivity index (χ2v) is 4.85. The molecule has 1 unspecified atom stereocenters. The van der Waals surface area contributed by atoms with Crippen LogP contribution in [-0.2, 0) is 6.54 Å². The number of nitrogens with one attached hydrogen (secondary N) is 1. The molecule has 2 rings (SSSR count). The van der Waals surface area contributed by atoms with Crippen molar-refractivity contribution in [3.8, 4) is 0 Å². The van der Waals surface area contributed by atoms with Gasteiger partial charge in [-0.1, -0.05) is 6.92 Å². The van der Waals surface area contributed by atoms with Crippen LogP contribution in [0.25, 0.3) is 0 Å². The van der Waals surface area contributed by atoms with Gasteiger partial charge in [-0.25, -0.2) is 0 Å². The van der Waals surface area contributed by atoms with Crippen molar-refractivity contribution in [3.05, 3.63) is 12.4 Å². The third-order valence-electron chi connectivity index (χ3n) is 2.39. The van der Waals surface area contributed by atoms with Crippen LogP contribution in [0, 0.1) is 0 Å². The van der Waals surface area contributed by atoms with Crippen LogP contribution in [0.15, 0.2) is 12.4 Å². The van der Waals surface area contributed by atoms with Crippen LogP contribution in [0.5, 0.6) is 0 Å². The molecule has 14 heavy (non-hydrogen) atoms. The van der Waals surface area contributed by atoms with Crippen LogP contribution in [0.3, 0.4) is 0 Å². The molecule has 0 bridgehead atoms. The van der Waals surface area contributed by atoms with E-state index in [-0.39, 0.29) is 0 Å². The fraction of sp³-hybridized carbons (Fsp3) is 0.700. The van der Waals surface area contributed by atoms with Crippen molar-refractivity contribution in [2.45, 2.75) is 32.4 Å². The fourth-order valence-corrected chi connectivity index (χ4v) is 2.83. The molecule has 1 atom stereocenters. The molecule has 2 heterocycles. The molecule has 1 N–H and O–H groups in total. The SMILES string of the molecule is CCCn1cc(NC2CCSC2)cn1. The molecular weight excluding hydrogens is 194 g/mol. The first-order valence-electron chi connectivity index (χ1n) is 5.25. The van der Waals surface area contributed by atoms with E-state index < -0.39 is 0 Å². The highest BCUT2D eigenvalue weighted by molar-refractivity contribution is 7.99. The minimum absolute atomic E-state index is 0.652. The average Bonchev–Trinajstić information content (AvgIpc) is 2.79. The zero-order valence-corrected chi connectivity index (χ0v) is 9.39. The maximum atomic E-state index is 4.30. The first-order valence-corrected chi connectivity index (χ1v) is 6.40. The maximum absolute atomic E-state index is 4.30. The molecule has 78 valence electrons. The Hall–Kier alpha value is -0.640. The van der Waals surface area contributed by atoms with Gasteiger partial charge in [-0.15, -0.1) is 0 Å². The molecule has 4 heteroatoms. The molecule has 0 radical (unpaired) electrons. The monoisotopic (exact) mass is 211 g/mol. The van der Waals surface area contributed by atoms with Crippen molar-refractivity contribution < 1.29 is 0 Å². The first kappa shape index (κ1) is 9.90. The summed E-state index contributed by atoms with van der Waals surface area (Å²) in [6, 6.07) is 0.652. The Kier molecular flexibility index (Phi) is 3.35. The van der Waals surface area contributed by atoms with Crippen LogP contribution in [0.2, 0.25) is 0 Å². The number of aryl methyl sites for hydroxylation is 1. The number of hydrogen-bond acceptors (Lipinski definition) is 3. The zero-order chi connectivity index (χ0) is 9.80. The van der Waals surface area contributed by atoms with Gasteiger partial charge in [0.2, 0.25) is 0 Å². The van der Waals surface area contributed by atoms with Crippen molar-refractivity contribution in [1.82, 2.24) is 9.78 Å². The minimum atomic E-state index is 0.652. The molecule has 1 aromatic rings. The number of thioether (sulfide) groups is 1. The highest BCUT2D eigenvalue weighted by atomic mass is 32.2. The standard InChI is InChI=1S/C10H17N3S/c1-2-4-13-7-10(6-11-13)12-9-3-5-14-8-9/h6-7,9,12H,2-5,8H2,1H3. The molecule has 1 aliphatic heterocycles. The predicted octanol–water partition coefficient (Wildman–Crippen LogP) is 2.21. The van der Waals surface area contributed by atoms with Crippen molar-refractivity contribution in [2.75, 3.05) is 16.8 Å². The summed E-state index contributed by atoms with van der Waals surface area (Å²) in [5.74, 6) is 2.53. The summed E-state index contributed by atoms with van der Waals surface area (Å²) in [6.45, 7) is 3.18. The van der Waals surface area contributed by atoms with E-state index in [0.717, 1.165) is 13.0 Å². The Labute approximate surface area is 89.3 Å². The van der Waals surface area contributed by atoms with E-state index in [1.54, 1.807) is 0 Å². The lowest BCUT2D eigenvalue weighted by Gasteiger charge is -2.09. The average molecular weight is 211 g/mol. The van der Waals surface area contributed by atoms with Gasteiger partial charge in [0.1, 0.15) is 0 Å². The van der Waals surface area contributed by atoms with Crippen LogP contribution in [0.1, 0.15) is 19.8 Å². The second kappa shape index (κ2) is 4.73. The lowest BCUT2D eigenvalue weighted by Crippen LogP contribution is -2.17. The van der Waals surface area contributed by atoms with Crippen molar-refractivity contribution >= 4 is 17.4 Å². The molecule has 0 spiro atoms. The summed E-state index contributed by atoms with van der Waals surface area (Å²) >= 11 is 2.03. The van der Waals surface area contributed by atoms with Crippen molar-refractivity contribution in [2.24, 2.45) is 0 Å². The van der Waals surface area contributed by atoms with E-state index in [1.165, 1.54) is 23.6 Å². The van der Waals surface area contributed by atoms with E-state index in [4.69, 9.17) is 0 Å². The largest absolute Gasteiger partial charge is 0.379 e. The highest BCUT2D eigenvalue weighted by Crippen LogP contribution is 2.20. The fourth-order valence-electron chi connectivity index (χ4n) is 1.67. The molecular formula is C10H17N3S. The minimum Gasteiger partial charge on any atom is -0.379 e. The topological polar surface area (TPSA) is 29.9 Å². The van der Waals surface area contributed by atoms with Gasteiger partial charge >= 0.3 is 0 Å². The molecule has 1 aromatic heterocycles. The smallest absolute Gasteiger partial charge is 0.0728 e. The van der Waals surface area contributed by atoms with E-state index in [9.17, 15) is 0 Å². The number of hydrogen-bond donors (Lipinski definition) is 1. The Balaban J connectivity index is 1.88. The third kappa shape index (κ3) is 2.44. The quantitative estimate of drug-likeness (QED) is 0.828. The van der Waals surface area contributed by atoms with Crippen molar-refractivity contribution in [3.63, 3.8) is 0 Å². The summed E-state index contributed by atoms with van der Waals surface area (Å²) < 4.78 is 2.00. The maximum Gasteiger partial charge on any atom is 0.0728 e. The van der Waals surface area contributed by atoms with E-state index in [1.807, 2.05) is 22.6 Å². The van der Waals surface area contributed by atoms with Gasteiger partial charge in [0.05, 0.1) is 11.9 Å². The van der Waals surface area contributed by atoms with Gasteiger partial charge in [0, 0.05) is 24.5 Å². The van der Waals surface area contributed by atoms with Gasteiger partial charge in [-0.05, 0) is 18.6 Å². The lowest BCUT2D eigenvalue weighted by molar-refractivity contribution is 0.603. The number of anilines is 1. The molecule has 0 aromatic carbocycles. The van der Waals surface area contributed by atoms with Crippen LogP contribution in [-0.4, -0.2) is 27.3 Å². The zero-order valence-electron chi connectivity index (χ0n) is 8.57. The van der Waals surface area contributed by atoms with E-state index in [2.05, 4.69) is 23.5 Å². The van der Waals surface area contributed by atoms with Gasteiger partial charge in [0.15, 0.2) is 0 Å². The van der Waals surface area contributed by atoms with Gasteiger partial charge in [-0.2, -0.15) is 16.9 Å². The normalized spacial score (nSPS) is 21.4. The van der Waals surface area contributed by atoms with Gasteiger partial charge in [0.25, 0.3) is 0 Å². The third-order valence-corrected chi connectivity index (χ3v) is 3.55.